The van der Waals surface area contributed by atoms with Crippen LogP contribution in [0.2, 0.25) is 5.02 Å². The SMILES string of the molecule is CC1(c2sccc2Cl)CCC(=O)C1. The minimum Gasteiger partial charge on any atom is -0.300 e. The van der Waals surface area contributed by atoms with Crippen LogP contribution in [0.4, 0.5) is 0 Å². The number of rotatable bonds is 1. The third-order valence-corrected chi connectivity index (χ3v) is 4.36. The Morgan fingerprint density at radius 2 is 2.38 bits per heavy atom. The second-order valence-electron chi connectivity index (χ2n) is 3.87. The molecule has 0 aromatic carbocycles. The van der Waals surface area contributed by atoms with Crippen molar-refractivity contribution in [3.63, 3.8) is 0 Å². The molecule has 1 atom stereocenters. The summed E-state index contributed by atoms with van der Waals surface area (Å²) in [4.78, 5) is 12.4. The number of Topliss-reactive ketones (excluding diaryl/α,β-unsaturated/α-hetero) is 1. The number of ketones is 1. The fraction of sp³-hybridized carbons (Fsp3) is 0.500. The monoisotopic (exact) mass is 214 g/mol. The van der Waals surface area contributed by atoms with E-state index in [2.05, 4.69) is 6.92 Å². The van der Waals surface area contributed by atoms with Crippen LogP contribution in [-0.2, 0) is 10.2 Å². The summed E-state index contributed by atoms with van der Waals surface area (Å²) in [6, 6.07) is 1.91. The highest BCUT2D eigenvalue weighted by Gasteiger charge is 2.37. The van der Waals surface area contributed by atoms with Crippen LogP contribution >= 0.6 is 22.9 Å². The van der Waals surface area contributed by atoms with Gasteiger partial charge in [-0.3, -0.25) is 4.79 Å². The first-order valence-corrected chi connectivity index (χ1v) is 5.63. The Kier molecular flexibility index (Phi) is 2.20. The Bertz CT molecular complexity index is 344. The van der Waals surface area contributed by atoms with Crippen LogP contribution in [0.1, 0.15) is 31.1 Å². The topological polar surface area (TPSA) is 17.1 Å². The molecule has 0 N–H and O–H groups in total. The minimum absolute atomic E-state index is 0.0162. The van der Waals surface area contributed by atoms with Crippen molar-refractivity contribution in [2.75, 3.05) is 0 Å². The summed E-state index contributed by atoms with van der Waals surface area (Å²) in [6.07, 6.45) is 2.32. The van der Waals surface area contributed by atoms with Gasteiger partial charge in [0.1, 0.15) is 5.78 Å². The number of carbonyl (C=O) groups is 1. The molecule has 1 nitrogen and oxygen atoms in total. The molecule has 1 heterocycles. The Morgan fingerprint density at radius 1 is 1.62 bits per heavy atom. The van der Waals surface area contributed by atoms with E-state index >= 15 is 0 Å². The Balaban J connectivity index is 2.35. The van der Waals surface area contributed by atoms with E-state index in [1.54, 1.807) is 11.3 Å². The van der Waals surface area contributed by atoms with Gasteiger partial charge in [-0.05, 0) is 17.9 Å². The Labute approximate surface area is 86.7 Å². The van der Waals surface area contributed by atoms with Crippen molar-refractivity contribution in [3.8, 4) is 0 Å². The lowest BCUT2D eigenvalue weighted by molar-refractivity contribution is -0.117. The molecule has 0 amide bonds. The number of hydrogen-bond donors (Lipinski definition) is 0. The van der Waals surface area contributed by atoms with Gasteiger partial charge in [0.25, 0.3) is 0 Å². The van der Waals surface area contributed by atoms with Gasteiger partial charge < -0.3 is 0 Å². The molecule has 1 aliphatic rings. The molecule has 0 saturated heterocycles. The summed E-state index contributed by atoms with van der Waals surface area (Å²) >= 11 is 7.72. The number of thiophene rings is 1. The average molecular weight is 215 g/mol. The van der Waals surface area contributed by atoms with Crippen molar-refractivity contribution in [1.29, 1.82) is 0 Å². The Morgan fingerprint density at radius 3 is 2.85 bits per heavy atom. The quantitative estimate of drug-likeness (QED) is 0.700. The number of carbonyl (C=O) groups excluding carboxylic acids is 1. The molecule has 0 aliphatic heterocycles. The standard InChI is InChI=1S/C10H11ClOS/c1-10(4-2-7(12)6-10)9-8(11)3-5-13-9/h3,5H,2,4,6H2,1H3. The van der Waals surface area contributed by atoms with Crippen molar-refractivity contribution >= 4 is 28.7 Å². The zero-order chi connectivity index (χ0) is 9.47. The van der Waals surface area contributed by atoms with Gasteiger partial charge in [-0.1, -0.05) is 18.5 Å². The summed E-state index contributed by atoms with van der Waals surface area (Å²) in [7, 11) is 0. The largest absolute Gasteiger partial charge is 0.300 e. The predicted molar refractivity (Wildman–Crippen MR) is 55.5 cm³/mol. The lowest BCUT2D eigenvalue weighted by atomic mass is 9.87. The van der Waals surface area contributed by atoms with Gasteiger partial charge >= 0.3 is 0 Å². The summed E-state index contributed by atoms with van der Waals surface area (Å²) < 4.78 is 0. The summed E-state index contributed by atoms with van der Waals surface area (Å²) in [5.74, 6) is 0.368. The maximum atomic E-state index is 11.2. The molecule has 1 saturated carbocycles. The van der Waals surface area contributed by atoms with Crippen molar-refractivity contribution in [3.05, 3.63) is 21.3 Å². The molecule has 1 aromatic rings. The van der Waals surface area contributed by atoms with Gasteiger partial charge in [-0.25, -0.2) is 0 Å². The van der Waals surface area contributed by atoms with Crippen molar-refractivity contribution in [2.24, 2.45) is 0 Å². The molecule has 1 unspecified atom stereocenters. The first-order valence-electron chi connectivity index (χ1n) is 4.37. The molecule has 1 fully saturated rings. The lowest BCUT2D eigenvalue weighted by Gasteiger charge is -2.21. The number of halogens is 1. The first kappa shape index (κ1) is 9.22. The van der Waals surface area contributed by atoms with E-state index in [1.165, 1.54) is 4.88 Å². The molecular weight excluding hydrogens is 204 g/mol. The van der Waals surface area contributed by atoms with Crippen LogP contribution in [0.15, 0.2) is 11.4 Å². The van der Waals surface area contributed by atoms with Gasteiger partial charge in [-0.15, -0.1) is 11.3 Å². The van der Waals surface area contributed by atoms with Crippen LogP contribution < -0.4 is 0 Å². The highest BCUT2D eigenvalue weighted by molar-refractivity contribution is 7.10. The minimum atomic E-state index is 0.0162. The molecule has 0 spiro atoms. The van der Waals surface area contributed by atoms with Crippen LogP contribution in [0.25, 0.3) is 0 Å². The molecular formula is C10H11ClOS. The van der Waals surface area contributed by atoms with Crippen molar-refractivity contribution in [1.82, 2.24) is 0 Å². The normalized spacial score (nSPS) is 28.3. The second kappa shape index (κ2) is 3.10. The van der Waals surface area contributed by atoms with Crippen LogP contribution in [0.5, 0.6) is 0 Å². The van der Waals surface area contributed by atoms with Gasteiger partial charge in [0.15, 0.2) is 0 Å². The highest BCUT2D eigenvalue weighted by Crippen LogP contribution is 2.44. The molecule has 1 aromatic heterocycles. The van der Waals surface area contributed by atoms with E-state index in [1.807, 2.05) is 11.4 Å². The summed E-state index contributed by atoms with van der Waals surface area (Å²) in [6.45, 7) is 2.13. The average Bonchev–Trinajstić information content (AvgIpc) is 2.59. The van der Waals surface area contributed by atoms with E-state index in [-0.39, 0.29) is 5.41 Å². The molecule has 3 heteroatoms. The van der Waals surface area contributed by atoms with E-state index in [0.29, 0.717) is 18.6 Å². The van der Waals surface area contributed by atoms with E-state index in [4.69, 9.17) is 11.6 Å². The van der Waals surface area contributed by atoms with Crippen LogP contribution in [0, 0.1) is 0 Å². The fourth-order valence-corrected chi connectivity index (χ4v) is 3.42. The van der Waals surface area contributed by atoms with Gasteiger partial charge in [0.05, 0.1) is 5.02 Å². The first-order chi connectivity index (χ1) is 6.12. The van der Waals surface area contributed by atoms with Gasteiger partial charge in [0, 0.05) is 23.1 Å². The van der Waals surface area contributed by atoms with Crippen LogP contribution in [-0.4, -0.2) is 5.78 Å². The smallest absolute Gasteiger partial charge is 0.133 e. The van der Waals surface area contributed by atoms with E-state index in [9.17, 15) is 4.79 Å². The van der Waals surface area contributed by atoms with Crippen LogP contribution in [0.3, 0.4) is 0 Å². The van der Waals surface area contributed by atoms with E-state index < -0.39 is 0 Å². The van der Waals surface area contributed by atoms with Gasteiger partial charge in [0.2, 0.25) is 0 Å². The molecule has 70 valence electrons. The summed E-state index contributed by atoms with van der Waals surface area (Å²) in [5.41, 5.74) is 0.0162. The molecule has 0 radical (unpaired) electrons. The molecule has 1 aliphatic carbocycles. The second-order valence-corrected chi connectivity index (χ2v) is 5.20. The van der Waals surface area contributed by atoms with Crippen molar-refractivity contribution < 1.29 is 4.79 Å². The van der Waals surface area contributed by atoms with Crippen molar-refractivity contribution in [2.45, 2.75) is 31.6 Å². The highest BCUT2D eigenvalue weighted by atomic mass is 35.5. The van der Waals surface area contributed by atoms with E-state index in [0.717, 1.165) is 11.4 Å². The molecule has 2 rings (SSSR count). The third-order valence-electron chi connectivity index (χ3n) is 2.71. The van der Waals surface area contributed by atoms with Gasteiger partial charge in [-0.2, -0.15) is 0 Å². The predicted octanol–water partition coefficient (Wildman–Crippen LogP) is 3.41. The molecule has 0 bridgehead atoms. The maximum Gasteiger partial charge on any atom is 0.133 e. The third kappa shape index (κ3) is 1.53. The zero-order valence-electron chi connectivity index (χ0n) is 7.47. The summed E-state index contributed by atoms with van der Waals surface area (Å²) in [5, 5.41) is 2.81. The zero-order valence-corrected chi connectivity index (χ0v) is 9.04. The number of hydrogen-bond acceptors (Lipinski definition) is 2. The maximum absolute atomic E-state index is 11.2. The molecule has 13 heavy (non-hydrogen) atoms. The Hall–Kier alpha value is -0.340. The lowest BCUT2D eigenvalue weighted by Crippen LogP contribution is -2.16. The fourth-order valence-electron chi connectivity index (χ4n) is 1.95.